The molecule has 0 saturated carbocycles. The number of ether oxygens (including phenoxy) is 3. The molecule has 0 atom stereocenters. The summed E-state index contributed by atoms with van der Waals surface area (Å²) in [6.07, 6.45) is 1.02. The van der Waals surface area contributed by atoms with Crippen molar-refractivity contribution in [1.29, 1.82) is 0 Å². The molecule has 0 unspecified atom stereocenters. The van der Waals surface area contributed by atoms with Crippen molar-refractivity contribution in [2.24, 2.45) is 0 Å². The second kappa shape index (κ2) is 11.1. The van der Waals surface area contributed by atoms with Crippen molar-refractivity contribution in [3.05, 3.63) is 83.7 Å². The van der Waals surface area contributed by atoms with E-state index in [1.807, 2.05) is 30.3 Å². The maximum atomic E-state index is 13.1. The van der Waals surface area contributed by atoms with Gasteiger partial charge >= 0.3 is 0 Å². The van der Waals surface area contributed by atoms with Gasteiger partial charge in [-0.05, 0) is 41.8 Å². The number of methoxy groups -OCH3 is 2. The number of hydrogen-bond donors (Lipinski definition) is 0. The Morgan fingerprint density at radius 1 is 0.727 bits per heavy atom. The van der Waals surface area contributed by atoms with E-state index in [1.54, 1.807) is 14.2 Å². The van der Waals surface area contributed by atoms with Gasteiger partial charge in [0.05, 0.1) is 14.2 Å². The van der Waals surface area contributed by atoms with Crippen molar-refractivity contribution in [1.82, 2.24) is 4.90 Å². The lowest BCUT2D eigenvalue weighted by Crippen LogP contribution is -2.47. The highest BCUT2D eigenvalue weighted by molar-refractivity contribution is 5.46. The molecular formula is C27H31FN2O3. The SMILES string of the molecule is COc1cc(OC)cc(OCc2ccc(CCN3CCN(c4ccc(F)cc4)CC3)cc2)c1. The Balaban J connectivity index is 1.22. The molecule has 0 bridgehead atoms. The second-order valence-electron chi connectivity index (χ2n) is 8.21. The minimum absolute atomic E-state index is 0.185. The summed E-state index contributed by atoms with van der Waals surface area (Å²) in [6, 6.07) is 20.9. The van der Waals surface area contributed by atoms with Gasteiger partial charge in [0, 0.05) is 56.6 Å². The van der Waals surface area contributed by atoms with Gasteiger partial charge in [0.1, 0.15) is 29.7 Å². The van der Waals surface area contributed by atoms with Gasteiger partial charge < -0.3 is 19.1 Å². The number of halogens is 1. The van der Waals surface area contributed by atoms with Crippen LogP contribution in [0.5, 0.6) is 17.2 Å². The molecule has 1 heterocycles. The third kappa shape index (κ3) is 6.39. The maximum absolute atomic E-state index is 13.1. The van der Waals surface area contributed by atoms with Crippen LogP contribution < -0.4 is 19.1 Å². The first-order valence-electron chi connectivity index (χ1n) is 11.3. The third-order valence-corrected chi connectivity index (χ3v) is 6.03. The Morgan fingerprint density at radius 2 is 1.30 bits per heavy atom. The van der Waals surface area contributed by atoms with E-state index in [2.05, 4.69) is 34.1 Å². The van der Waals surface area contributed by atoms with E-state index in [9.17, 15) is 4.39 Å². The van der Waals surface area contributed by atoms with Crippen LogP contribution in [0.1, 0.15) is 11.1 Å². The molecule has 1 aliphatic rings. The first kappa shape index (κ1) is 22.9. The molecule has 0 amide bonds. The molecule has 0 aromatic heterocycles. The molecule has 174 valence electrons. The van der Waals surface area contributed by atoms with Crippen molar-refractivity contribution in [3.63, 3.8) is 0 Å². The second-order valence-corrected chi connectivity index (χ2v) is 8.21. The van der Waals surface area contributed by atoms with Crippen LogP contribution in [0.15, 0.2) is 66.7 Å². The first-order valence-corrected chi connectivity index (χ1v) is 11.3. The zero-order valence-corrected chi connectivity index (χ0v) is 19.3. The van der Waals surface area contributed by atoms with Crippen LogP contribution in [0.3, 0.4) is 0 Å². The first-order chi connectivity index (χ1) is 16.1. The summed E-state index contributed by atoms with van der Waals surface area (Å²) in [5.41, 5.74) is 3.54. The summed E-state index contributed by atoms with van der Waals surface area (Å²) in [6.45, 7) is 5.51. The summed E-state index contributed by atoms with van der Waals surface area (Å²) >= 11 is 0. The fourth-order valence-corrected chi connectivity index (χ4v) is 4.00. The fourth-order valence-electron chi connectivity index (χ4n) is 4.00. The third-order valence-electron chi connectivity index (χ3n) is 6.03. The van der Waals surface area contributed by atoms with Crippen molar-refractivity contribution < 1.29 is 18.6 Å². The standard InChI is InChI=1S/C27H31FN2O3/c1-31-25-17-26(32-2)19-27(18-25)33-20-22-5-3-21(4-6-22)11-12-29-13-15-30(16-14-29)24-9-7-23(28)8-10-24/h3-10,17-19H,11-16,20H2,1-2H3. The van der Waals surface area contributed by atoms with Gasteiger partial charge in [-0.3, -0.25) is 4.90 Å². The average Bonchev–Trinajstić information content (AvgIpc) is 2.87. The molecule has 3 aromatic rings. The van der Waals surface area contributed by atoms with Gasteiger partial charge in [-0.1, -0.05) is 24.3 Å². The van der Waals surface area contributed by atoms with Crippen molar-refractivity contribution in [2.45, 2.75) is 13.0 Å². The van der Waals surface area contributed by atoms with Gasteiger partial charge in [-0.2, -0.15) is 0 Å². The molecule has 4 rings (SSSR count). The van der Waals surface area contributed by atoms with Gasteiger partial charge in [0.25, 0.3) is 0 Å². The number of rotatable bonds is 9. The summed E-state index contributed by atoms with van der Waals surface area (Å²) in [4.78, 5) is 4.82. The number of hydrogen-bond acceptors (Lipinski definition) is 5. The van der Waals surface area contributed by atoms with Crippen LogP contribution in [-0.2, 0) is 13.0 Å². The van der Waals surface area contributed by atoms with Crippen LogP contribution in [0.25, 0.3) is 0 Å². The minimum atomic E-state index is -0.185. The molecule has 0 radical (unpaired) electrons. The molecular weight excluding hydrogens is 419 g/mol. The van der Waals surface area contributed by atoms with E-state index in [-0.39, 0.29) is 5.82 Å². The predicted octanol–water partition coefficient (Wildman–Crippen LogP) is 4.79. The summed E-state index contributed by atoms with van der Waals surface area (Å²) in [7, 11) is 3.26. The zero-order chi connectivity index (χ0) is 23.0. The normalized spacial score (nSPS) is 14.2. The molecule has 6 heteroatoms. The van der Waals surface area contributed by atoms with Crippen LogP contribution in [-0.4, -0.2) is 51.8 Å². The lowest BCUT2D eigenvalue weighted by atomic mass is 10.1. The molecule has 0 spiro atoms. The monoisotopic (exact) mass is 450 g/mol. The van der Waals surface area contributed by atoms with Gasteiger partial charge in [-0.25, -0.2) is 4.39 Å². The zero-order valence-electron chi connectivity index (χ0n) is 19.3. The van der Waals surface area contributed by atoms with Crippen molar-refractivity contribution in [2.75, 3.05) is 51.8 Å². The Kier molecular flexibility index (Phi) is 7.68. The van der Waals surface area contributed by atoms with E-state index in [1.165, 1.54) is 17.7 Å². The topological polar surface area (TPSA) is 34.2 Å². The molecule has 5 nitrogen and oxygen atoms in total. The minimum Gasteiger partial charge on any atom is -0.496 e. The summed E-state index contributed by atoms with van der Waals surface area (Å²) in [5.74, 6) is 1.95. The largest absolute Gasteiger partial charge is 0.496 e. The highest BCUT2D eigenvalue weighted by Gasteiger charge is 2.17. The van der Waals surface area contributed by atoms with E-state index in [0.29, 0.717) is 18.1 Å². The molecule has 1 fully saturated rings. The molecule has 1 saturated heterocycles. The Hall–Kier alpha value is -3.25. The number of nitrogens with zero attached hydrogens (tertiary/aromatic N) is 2. The van der Waals surface area contributed by atoms with Gasteiger partial charge in [0.2, 0.25) is 0 Å². The highest BCUT2D eigenvalue weighted by atomic mass is 19.1. The molecule has 3 aromatic carbocycles. The van der Waals surface area contributed by atoms with Crippen LogP contribution in [0.2, 0.25) is 0 Å². The summed E-state index contributed by atoms with van der Waals surface area (Å²) < 4.78 is 29.7. The van der Waals surface area contributed by atoms with Crippen molar-refractivity contribution in [3.8, 4) is 17.2 Å². The fraction of sp³-hybridized carbons (Fsp3) is 0.333. The van der Waals surface area contributed by atoms with Gasteiger partial charge in [0.15, 0.2) is 0 Å². The highest BCUT2D eigenvalue weighted by Crippen LogP contribution is 2.28. The van der Waals surface area contributed by atoms with E-state index >= 15 is 0 Å². The average molecular weight is 451 g/mol. The lowest BCUT2D eigenvalue weighted by Gasteiger charge is -2.36. The quantitative estimate of drug-likeness (QED) is 0.468. The van der Waals surface area contributed by atoms with E-state index in [0.717, 1.165) is 56.1 Å². The maximum Gasteiger partial charge on any atom is 0.127 e. The number of benzene rings is 3. The van der Waals surface area contributed by atoms with Crippen LogP contribution >= 0.6 is 0 Å². The predicted molar refractivity (Wildman–Crippen MR) is 129 cm³/mol. The smallest absolute Gasteiger partial charge is 0.127 e. The van der Waals surface area contributed by atoms with Crippen LogP contribution in [0.4, 0.5) is 10.1 Å². The van der Waals surface area contributed by atoms with E-state index < -0.39 is 0 Å². The number of anilines is 1. The van der Waals surface area contributed by atoms with Crippen LogP contribution in [0, 0.1) is 5.82 Å². The molecule has 0 N–H and O–H groups in total. The molecule has 1 aliphatic heterocycles. The Labute approximate surface area is 195 Å². The Bertz CT molecular complexity index is 994. The molecule has 33 heavy (non-hydrogen) atoms. The van der Waals surface area contributed by atoms with Crippen molar-refractivity contribution >= 4 is 5.69 Å². The van der Waals surface area contributed by atoms with E-state index in [4.69, 9.17) is 14.2 Å². The number of piperazine rings is 1. The molecule has 0 aliphatic carbocycles. The summed E-state index contributed by atoms with van der Waals surface area (Å²) in [5, 5.41) is 0. The van der Waals surface area contributed by atoms with Gasteiger partial charge in [-0.15, -0.1) is 0 Å². The lowest BCUT2D eigenvalue weighted by molar-refractivity contribution is 0.261. The Morgan fingerprint density at radius 3 is 1.91 bits per heavy atom.